The molecule has 6 heteroatoms. The molecule has 0 atom stereocenters. The number of aryl methyl sites for hydroxylation is 1. The van der Waals surface area contributed by atoms with E-state index in [-0.39, 0.29) is 5.56 Å². The first-order valence-electron chi connectivity index (χ1n) is 3.75. The fourth-order valence-electron chi connectivity index (χ4n) is 1.09. The van der Waals surface area contributed by atoms with Gasteiger partial charge in [-0.05, 0) is 5.56 Å². The van der Waals surface area contributed by atoms with E-state index in [9.17, 15) is 20.2 Å². The Morgan fingerprint density at radius 1 is 1.14 bits per heavy atom. The molecule has 0 aromatic heterocycles. The van der Waals surface area contributed by atoms with Gasteiger partial charge in [0.15, 0.2) is 0 Å². The minimum absolute atomic E-state index is 0.0440. The summed E-state index contributed by atoms with van der Waals surface area (Å²) in [6.45, 7) is 1.59. The maximum Gasteiger partial charge on any atom is 0.459 e. The molecule has 0 amide bonds. The van der Waals surface area contributed by atoms with E-state index in [0.717, 1.165) is 0 Å². The molecule has 0 saturated heterocycles. The zero-order chi connectivity index (χ0) is 10.7. The second-order valence-electron chi connectivity index (χ2n) is 2.65. The van der Waals surface area contributed by atoms with Gasteiger partial charge >= 0.3 is 6.17 Å². The van der Waals surface area contributed by atoms with E-state index in [1.54, 1.807) is 19.1 Å². The van der Waals surface area contributed by atoms with Crippen LogP contribution in [-0.2, 0) is 0 Å². The second-order valence-corrected chi connectivity index (χ2v) is 2.65. The Morgan fingerprint density at radius 3 is 2.07 bits per heavy atom. The van der Waals surface area contributed by atoms with Crippen molar-refractivity contribution in [1.82, 2.24) is 0 Å². The Kier molecular flexibility index (Phi) is 2.66. The summed E-state index contributed by atoms with van der Waals surface area (Å²) < 4.78 is 0. The molecule has 0 radical (unpaired) electrons. The fraction of sp³-hybridized carbons (Fsp3) is 0.125. The van der Waals surface area contributed by atoms with Crippen molar-refractivity contribution < 1.29 is 9.85 Å². The van der Waals surface area contributed by atoms with Crippen LogP contribution in [0, 0.1) is 33.3 Å². The summed E-state index contributed by atoms with van der Waals surface area (Å²) in [4.78, 5) is 18.9. The van der Waals surface area contributed by atoms with Gasteiger partial charge in [0.2, 0.25) is 0 Å². The third-order valence-corrected chi connectivity index (χ3v) is 1.73. The predicted octanol–water partition coefficient (Wildman–Crippen LogP) is 1.39. The molecule has 0 aliphatic carbocycles. The highest BCUT2D eigenvalue weighted by Crippen LogP contribution is 2.19. The summed E-state index contributed by atoms with van der Waals surface area (Å²) in [7, 11) is 0. The Morgan fingerprint density at radius 2 is 1.64 bits per heavy atom. The van der Waals surface area contributed by atoms with Crippen molar-refractivity contribution in [3.63, 3.8) is 0 Å². The second kappa shape index (κ2) is 3.73. The van der Waals surface area contributed by atoms with Gasteiger partial charge in [0, 0.05) is 0 Å². The zero-order valence-corrected chi connectivity index (χ0v) is 7.34. The van der Waals surface area contributed by atoms with E-state index >= 15 is 0 Å². The molecule has 0 fully saturated rings. The van der Waals surface area contributed by atoms with Crippen molar-refractivity contribution in [3.05, 3.63) is 61.8 Å². The molecule has 6 nitrogen and oxygen atoms in total. The smallest absolute Gasteiger partial charge is 0.265 e. The van der Waals surface area contributed by atoms with Crippen LogP contribution in [0.25, 0.3) is 0 Å². The molecule has 1 aromatic rings. The average Bonchev–Trinajstić information content (AvgIpc) is 2.07. The Labute approximate surface area is 79.5 Å². The Balaban J connectivity index is 3.18. The minimum Gasteiger partial charge on any atom is -0.265 e. The summed E-state index contributed by atoms with van der Waals surface area (Å²) in [6.07, 6.45) is -0.983. The molecule has 0 aliphatic heterocycles. The molecule has 0 N–H and O–H groups in total. The first-order chi connectivity index (χ1) is 6.54. The molecule has 0 spiro atoms. The lowest BCUT2D eigenvalue weighted by Crippen LogP contribution is -2.21. The zero-order valence-electron chi connectivity index (χ0n) is 7.34. The molecular formula is C8H7N2O4-. The quantitative estimate of drug-likeness (QED) is 0.414. The van der Waals surface area contributed by atoms with Crippen LogP contribution in [0.1, 0.15) is 11.1 Å². The lowest BCUT2D eigenvalue weighted by atomic mass is 10.1. The number of hydrogen-bond donors (Lipinski definition) is 0. The van der Waals surface area contributed by atoms with Crippen LogP contribution < -0.4 is 0 Å². The average molecular weight is 195 g/mol. The van der Waals surface area contributed by atoms with Gasteiger partial charge in [-0.2, -0.15) is 0 Å². The van der Waals surface area contributed by atoms with Crippen LogP contribution in [0.5, 0.6) is 0 Å². The predicted molar refractivity (Wildman–Crippen MR) is 47.5 cm³/mol. The number of benzene rings is 1. The van der Waals surface area contributed by atoms with E-state index in [1.165, 1.54) is 12.1 Å². The summed E-state index contributed by atoms with van der Waals surface area (Å²) in [5.74, 6) is 0. The van der Waals surface area contributed by atoms with Gasteiger partial charge in [0.1, 0.15) is 0 Å². The number of nitrogens with zero attached hydrogens (tertiary/aromatic N) is 2. The van der Waals surface area contributed by atoms with Crippen LogP contribution in [0.3, 0.4) is 0 Å². The van der Waals surface area contributed by atoms with Crippen LogP contribution in [-0.4, -0.2) is 9.85 Å². The Hall–Kier alpha value is -2.11. The van der Waals surface area contributed by atoms with Crippen molar-refractivity contribution in [3.8, 4) is 0 Å². The van der Waals surface area contributed by atoms with Crippen molar-refractivity contribution in [1.29, 1.82) is 0 Å². The van der Waals surface area contributed by atoms with Gasteiger partial charge in [-0.1, -0.05) is 13.0 Å². The van der Waals surface area contributed by atoms with Crippen molar-refractivity contribution in [2.75, 3.05) is 0 Å². The first-order valence-corrected chi connectivity index (χ1v) is 3.75. The molecule has 1 aromatic carbocycles. The van der Waals surface area contributed by atoms with Crippen molar-refractivity contribution in [2.45, 2.75) is 6.92 Å². The molecule has 0 unspecified atom stereocenters. The highest BCUT2D eigenvalue weighted by Gasteiger charge is 2.30. The topological polar surface area (TPSA) is 86.3 Å². The van der Waals surface area contributed by atoms with Gasteiger partial charge in [-0.25, -0.2) is 0 Å². The fourth-order valence-corrected chi connectivity index (χ4v) is 1.09. The van der Waals surface area contributed by atoms with Gasteiger partial charge < -0.3 is 0 Å². The summed E-state index contributed by atoms with van der Waals surface area (Å²) >= 11 is 0. The molecule has 1 rings (SSSR count). The van der Waals surface area contributed by atoms with E-state index in [2.05, 4.69) is 0 Å². The SMILES string of the molecule is Cc1ccccc1[C-]([N+](=O)[O-])[N+](=O)[O-]. The number of hydrogen-bond acceptors (Lipinski definition) is 4. The van der Waals surface area contributed by atoms with Gasteiger partial charge in [-0.15, -0.1) is 23.8 Å². The summed E-state index contributed by atoms with van der Waals surface area (Å²) in [6, 6.07) is 6.13. The molecule has 0 saturated carbocycles. The number of nitro groups is 2. The van der Waals surface area contributed by atoms with E-state index in [1.807, 2.05) is 0 Å². The standard InChI is InChI=1S/C8H7N2O4/c1-6-4-2-3-5-7(6)8(9(11)12)10(13)14/h2-5H,1H3/q-1. The van der Waals surface area contributed by atoms with Crippen LogP contribution in [0.15, 0.2) is 24.3 Å². The lowest BCUT2D eigenvalue weighted by molar-refractivity contribution is -0.660. The van der Waals surface area contributed by atoms with Crippen molar-refractivity contribution in [2.24, 2.45) is 0 Å². The molecule has 0 aliphatic rings. The third-order valence-electron chi connectivity index (χ3n) is 1.73. The highest BCUT2D eigenvalue weighted by molar-refractivity contribution is 5.31. The van der Waals surface area contributed by atoms with Crippen LogP contribution in [0.4, 0.5) is 0 Å². The summed E-state index contributed by atoms with van der Waals surface area (Å²) in [5, 5.41) is 20.8. The van der Waals surface area contributed by atoms with Crippen LogP contribution in [0.2, 0.25) is 0 Å². The third kappa shape index (κ3) is 1.79. The van der Waals surface area contributed by atoms with Crippen LogP contribution >= 0.6 is 0 Å². The summed E-state index contributed by atoms with van der Waals surface area (Å²) in [5.41, 5.74) is 0.554. The molecule has 0 heterocycles. The monoisotopic (exact) mass is 195 g/mol. The van der Waals surface area contributed by atoms with E-state index in [0.29, 0.717) is 5.56 Å². The number of rotatable bonds is 3. The first kappa shape index (κ1) is 9.97. The lowest BCUT2D eigenvalue weighted by Gasteiger charge is -2.10. The largest absolute Gasteiger partial charge is 0.459 e. The highest BCUT2D eigenvalue weighted by atomic mass is 16.7. The molecular weight excluding hydrogens is 188 g/mol. The van der Waals surface area contributed by atoms with Crippen molar-refractivity contribution >= 4 is 0 Å². The molecule has 0 bridgehead atoms. The normalized spacial score (nSPS) is 9.50. The van der Waals surface area contributed by atoms with Gasteiger partial charge in [0.05, 0.1) is 9.85 Å². The molecule has 74 valence electrons. The Bertz CT molecular complexity index is 363. The maximum absolute atomic E-state index is 10.4. The van der Waals surface area contributed by atoms with Gasteiger partial charge in [0.25, 0.3) is 0 Å². The van der Waals surface area contributed by atoms with Gasteiger partial charge in [-0.3, -0.25) is 20.2 Å². The van der Waals surface area contributed by atoms with E-state index < -0.39 is 16.0 Å². The maximum atomic E-state index is 10.4. The minimum atomic E-state index is -0.984. The van der Waals surface area contributed by atoms with E-state index in [4.69, 9.17) is 0 Å². The molecule has 14 heavy (non-hydrogen) atoms.